The second-order valence-corrected chi connectivity index (χ2v) is 7.91. The van der Waals surface area contributed by atoms with Gasteiger partial charge in [-0.15, -0.1) is 0 Å². The van der Waals surface area contributed by atoms with Crippen molar-refractivity contribution in [3.05, 3.63) is 84.7 Å². The zero-order valence-corrected chi connectivity index (χ0v) is 18.2. The van der Waals surface area contributed by atoms with Gasteiger partial charge in [0.05, 0.1) is 35.4 Å². The molecule has 1 aromatic carbocycles. The minimum atomic E-state index is -0.575. The van der Waals surface area contributed by atoms with E-state index in [-0.39, 0.29) is 23.4 Å². The zero-order chi connectivity index (χ0) is 23.8. The number of H-pyrrole nitrogens is 2. The van der Waals surface area contributed by atoms with E-state index in [1.807, 2.05) is 36.4 Å². The van der Waals surface area contributed by atoms with Crippen molar-refractivity contribution in [3.63, 3.8) is 0 Å². The van der Waals surface area contributed by atoms with Crippen LogP contribution in [0.25, 0.3) is 44.8 Å². The lowest BCUT2D eigenvalue weighted by Gasteiger charge is -2.08. The largest absolute Gasteiger partial charge is 0.324 e. The lowest BCUT2D eigenvalue weighted by Crippen LogP contribution is -2.14. The summed E-state index contributed by atoms with van der Waals surface area (Å²) in [4.78, 5) is 32.7. The number of carbonyl (C=O) groups is 1. The van der Waals surface area contributed by atoms with Crippen LogP contribution in [-0.4, -0.2) is 41.0 Å². The molecule has 0 aliphatic rings. The van der Waals surface area contributed by atoms with Gasteiger partial charge >= 0.3 is 0 Å². The first kappa shape index (κ1) is 20.6. The van der Waals surface area contributed by atoms with Gasteiger partial charge in [-0.1, -0.05) is 30.3 Å². The van der Waals surface area contributed by atoms with Crippen LogP contribution in [0, 0.1) is 5.82 Å². The van der Waals surface area contributed by atoms with E-state index in [4.69, 9.17) is 0 Å². The molecule has 9 nitrogen and oxygen atoms in total. The van der Waals surface area contributed by atoms with Crippen molar-refractivity contribution in [1.82, 2.24) is 35.1 Å². The summed E-state index contributed by atoms with van der Waals surface area (Å²) in [6, 6.07) is 14.6. The third-order valence-corrected chi connectivity index (χ3v) is 5.53. The number of amides is 1. The number of hydrogen-bond acceptors (Lipinski definition) is 6. The summed E-state index contributed by atoms with van der Waals surface area (Å²) in [6.07, 6.45) is 6.37. The van der Waals surface area contributed by atoms with Gasteiger partial charge in [0.25, 0.3) is 0 Å². The molecule has 0 radical (unpaired) electrons. The van der Waals surface area contributed by atoms with Crippen LogP contribution in [0.15, 0.2) is 73.3 Å². The summed E-state index contributed by atoms with van der Waals surface area (Å²) in [5.74, 6) is -0.384. The summed E-state index contributed by atoms with van der Waals surface area (Å²) >= 11 is 0. The maximum Gasteiger partial charge on any atom is 0.228 e. The number of hydrogen-bond donors (Lipinski definition) is 3. The lowest BCUT2D eigenvalue weighted by atomic mass is 10.1. The topological polar surface area (TPSA) is 125 Å². The number of nitrogens with zero attached hydrogens (tertiary/aromatic N) is 5. The molecule has 35 heavy (non-hydrogen) atoms. The molecular formula is C25H17FN8O. The van der Waals surface area contributed by atoms with Crippen molar-refractivity contribution in [2.75, 3.05) is 5.32 Å². The van der Waals surface area contributed by atoms with Gasteiger partial charge in [0.1, 0.15) is 16.9 Å². The third-order valence-electron chi connectivity index (χ3n) is 5.53. The van der Waals surface area contributed by atoms with E-state index < -0.39 is 5.82 Å². The van der Waals surface area contributed by atoms with Crippen LogP contribution in [0.5, 0.6) is 0 Å². The van der Waals surface area contributed by atoms with Crippen molar-refractivity contribution in [2.45, 2.75) is 6.42 Å². The van der Waals surface area contributed by atoms with Crippen LogP contribution in [0.2, 0.25) is 0 Å². The van der Waals surface area contributed by atoms with Gasteiger partial charge in [0, 0.05) is 18.0 Å². The molecule has 0 aliphatic carbocycles. The SMILES string of the molecule is O=C(Cc1ccccc1)Nc1cncc(-c2ncc3[nH]nc(-c4nc5cccnc5[nH]4)c3c2F)c1. The minimum absolute atomic E-state index is 0.0843. The van der Waals surface area contributed by atoms with Crippen molar-refractivity contribution in [2.24, 2.45) is 0 Å². The van der Waals surface area contributed by atoms with Gasteiger partial charge in [0.2, 0.25) is 5.91 Å². The quantitative estimate of drug-likeness (QED) is 0.350. The minimum Gasteiger partial charge on any atom is -0.324 e. The van der Waals surface area contributed by atoms with Gasteiger partial charge in [-0.3, -0.25) is 19.9 Å². The summed E-state index contributed by atoms with van der Waals surface area (Å²) < 4.78 is 15.8. The van der Waals surface area contributed by atoms with Gasteiger partial charge < -0.3 is 10.3 Å². The van der Waals surface area contributed by atoms with E-state index in [1.54, 1.807) is 18.3 Å². The summed E-state index contributed by atoms with van der Waals surface area (Å²) in [6.45, 7) is 0. The zero-order valence-electron chi connectivity index (χ0n) is 18.2. The van der Waals surface area contributed by atoms with Crippen LogP contribution < -0.4 is 5.32 Å². The normalized spacial score (nSPS) is 11.2. The van der Waals surface area contributed by atoms with Crippen molar-refractivity contribution >= 4 is 33.7 Å². The molecule has 5 heterocycles. The standard InChI is InChI=1S/C25H17FN8O/c26-21-20-18(33-34-23(20)25-31-17-7-4-8-28-24(17)32-25)13-29-22(21)15-10-16(12-27-11-15)30-19(35)9-14-5-2-1-3-6-14/h1-8,10-13H,9H2,(H,30,35)(H,33,34)(H,28,31,32). The van der Waals surface area contributed by atoms with Gasteiger partial charge in [0.15, 0.2) is 17.3 Å². The highest BCUT2D eigenvalue weighted by atomic mass is 19.1. The molecule has 0 aliphatic heterocycles. The molecule has 170 valence electrons. The molecule has 0 saturated heterocycles. The molecule has 6 rings (SSSR count). The molecule has 3 N–H and O–H groups in total. The predicted molar refractivity (Wildman–Crippen MR) is 129 cm³/mol. The van der Waals surface area contributed by atoms with Crippen LogP contribution >= 0.6 is 0 Å². The first-order chi connectivity index (χ1) is 17.2. The molecule has 0 spiro atoms. The van der Waals surface area contributed by atoms with Crippen LogP contribution in [0.3, 0.4) is 0 Å². The molecule has 1 amide bonds. The number of halogens is 1. The lowest BCUT2D eigenvalue weighted by molar-refractivity contribution is -0.115. The maximum absolute atomic E-state index is 15.8. The number of benzene rings is 1. The number of aromatic nitrogens is 7. The number of carbonyl (C=O) groups excluding carboxylic acids is 1. The Bertz CT molecular complexity index is 1660. The third kappa shape index (κ3) is 3.86. The van der Waals surface area contributed by atoms with Gasteiger partial charge in [-0.25, -0.2) is 14.4 Å². The van der Waals surface area contributed by atoms with E-state index in [0.717, 1.165) is 5.56 Å². The fourth-order valence-electron chi connectivity index (χ4n) is 3.93. The van der Waals surface area contributed by atoms with Crippen molar-refractivity contribution in [3.8, 4) is 22.8 Å². The number of nitrogens with one attached hydrogen (secondary N) is 3. The first-order valence-electron chi connectivity index (χ1n) is 10.8. The first-order valence-corrected chi connectivity index (χ1v) is 10.8. The highest BCUT2D eigenvalue weighted by Crippen LogP contribution is 2.32. The Hall–Kier alpha value is -4.99. The summed E-state index contributed by atoms with van der Waals surface area (Å²) in [5.41, 5.74) is 3.81. The summed E-state index contributed by atoms with van der Waals surface area (Å²) in [5, 5.41) is 10.1. The van der Waals surface area contributed by atoms with Gasteiger partial charge in [-0.2, -0.15) is 5.10 Å². The number of imidazole rings is 1. The smallest absolute Gasteiger partial charge is 0.228 e. The van der Waals surface area contributed by atoms with Crippen molar-refractivity contribution in [1.29, 1.82) is 0 Å². The number of pyridine rings is 3. The van der Waals surface area contributed by atoms with E-state index in [0.29, 0.717) is 39.4 Å². The fourth-order valence-corrected chi connectivity index (χ4v) is 3.93. The number of aromatic amines is 2. The second-order valence-electron chi connectivity index (χ2n) is 7.91. The van der Waals surface area contributed by atoms with Crippen LogP contribution in [-0.2, 0) is 11.2 Å². The number of anilines is 1. The van der Waals surface area contributed by atoms with E-state index in [9.17, 15) is 4.79 Å². The Balaban J connectivity index is 1.34. The Labute approximate surface area is 197 Å². The summed E-state index contributed by atoms with van der Waals surface area (Å²) in [7, 11) is 0. The van der Waals surface area contributed by atoms with Crippen LogP contribution in [0.1, 0.15) is 5.56 Å². The molecule has 0 atom stereocenters. The molecule has 0 bridgehead atoms. The maximum atomic E-state index is 15.8. The predicted octanol–water partition coefficient (Wildman–Crippen LogP) is 4.28. The fraction of sp³-hybridized carbons (Fsp3) is 0.0400. The Morgan fingerprint density at radius 1 is 1.00 bits per heavy atom. The van der Waals surface area contributed by atoms with E-state index >= 15 is 4.39 Å². The molecule has 5 aromatic heterocycles. The van der Waals surface area contributed by atoms with Crippen LogP contribution in [0.4, 0.5) is 10.1 Å². The molecule has 0 fully saturated rings. The van der Waals surface area contributed by atoms with E-state index in [2.05, 4.69) is 40.4 Å². The second kappa shape index (κ2) is 8.41. The van der Waals surface area contributed by atoms with E-state index in [1.165, 1.54) is 18.6 Å². The molecule has 0 saturated carbocycles. The molecule has 6 aromatic rings. The Morgan fingerprint density at radius 3 is 2.74 bits per heavy atom. The molecule has 0 unspecified atom stereocenters. The number of fused-ring (bicyclic) bond motifs is 2. The monoisotopic (exact) mass is 464 g/mol. The number of rotatable bonds is 5. The van der Waals surface area contributed by atoms with Gasteiger partial charge in [-0.05, 0) is 23.8 Å². The highest BCUT2D eigenvalue weighted by Gasteiger charge is 2.21. The van der Waals surface area contributed by atoms with Crippen molar-refractivity contribution < 1.29 is 9.18 Å². The highest BCUT2D eigenvalue weighted by molar-refractivity contribution is 5.96. The molecular weight excluding hydrogens is 447 g/mol. The Kier molecular flexibility index (Phi) is 4.95. The average Bonchev–Trinajstić information content (AvgIpc) is 3.49. The Morgan fingerprint density at radius 2 is 1.89 bits per heavy atom. The average molecular weight is 464 g/mol. The molecule has 10 heteroatoms.